The maximum Gasteiger partial charge on any atom is 0.149 e. The molecule has 1 unspecified atom stereocenters. The molecular weight excluding hydrogens is 152 g/mol. The van der Waals surface area contributed by atoms with E-state index in [2.05, 4.69) is 0 Å². The highest BCUT2D eigenvalue weighted by Crippen LogP contribution is 2.27. The Bertz CT molecular complexity index is 128. The van der Waals surface area contributed by atoms with Crippen LogP contribution in [0.15, 0.2) is 0 Å². The number of ether oxygens (including phenoxy) is 1. The third kappa shape index (κ3) is 2.59. The molecule has 0 heterocycles. The highest BCUT2D eigenvalue weighted by atomic mass is 16.5. The maximum atomic E-state index is 10.7. The Kier molecular flexibility index (Phi) is 4.30. The van der Waals surface area contributed by atoms with E-state index in [-0.39, 0.29) is 6.10 Å². The van der Waals surface area contributed by atoms with Crippen LogP contribution in [0.4, 0.5) is 0 Å². The van der Waals surface area contributed by atoms with Crippen LogP contribution in [-0.2, 0) is 9.53 Å². The van der Waals surface area contributed by atoms with Crippen molar-refractivity contribution in [3.63, 3.8) is 0 Å². The second kappa shape index (κ2) is 5.31. The van der Waals surface area contributed by atoms with Crippen molar-refractivity contribution in [1.82, 2.24) is 0 Å². The Morgan fingerprint density at radius 2 is 2.08 bits per heavy atom. The van der Waals surface area contributed by atoms with Crippen molar-refractivity contribution in [2.45, 2.75) is 45.1 Å². The quantitative estimate of drug-likeness (QED) is 0.604. The van der Waals surface area contributed by atoms with Crippen molar-refractivity contribution in [3.05, 3.63) is 0 Å². The number of aldehydes is 1. The first-order chi connectivity index (χ1) is 5.88. The molecule has 0 aromatic heterocycles. The zero-order valence-electron chi connectivity index (χ0n) is 7.79. The molecular formula is C10H18O2. The van der Waals surface area contributed by atoms with Gasteiger partial charge in [-0.25, -0.2) is 0 Å². The molecule has 1 aliphatic carbocycles. The van der Waals surface area contributed by atoms with Crippen molar-refractivity contribution in [1.29, 1.82) is 0 Å². The molecule has 0 aromatic rings. The topological polar surface area (TPSA) is 26.3 Å². The first-order valence-corrected chi connectivity index (χ1v) is 4.95. The Labute approximate surface area is 74.3 Å². The van der Waals surface area contributed by atoms with Gasteiger partial charge in [0, 0.05) is 6.61 Å². The van der Waals surface area contributed by atoms with E-state index in [4.69, 9.17) is 4.74 Å². The van der Waals surface area contributed by atoms with Gasteiger partial charge in [-0.1, -0.05) is 19.3 Å². The van der Waals surface area contributed by atoms with E-state index < -0.39 is 0 Å². The molecule has 0 aromatic carbocycles. The van der Waals surface area contributed by atoms with Crippen LogP contribution in [-0.4, -0.2) is 19.0 Å². The van der Waals surface area contributed by atoms with E-state index >= 15 is 0 Å². The van der Waals surface area contributed by atoms with E-state index in [0.717, 1.165) is 6.29 Å². The van der Waals surface area contributed by atoms with Gasteiger partial charge in [-0.15, -0.1) is 0 Å². The lowest BCUT2D eigenvalue weighted by Crippen LogP contribution is -2.27. The molecule has 70 valence electrons. The molecule has 1 aliphatic rings. The van der Waals surface area contributed by atoms with Gasteiger partial charge in [-0.05, 0) is 25.7 Å². The molecule has 0 N–H and O–H groups in total. The van der Waals surface area contributed by atoms with E-state index in [1.54, 1.807) is 0 Å². The number of rotatable bonds is 4. The summed E-state index contributed by atoms with van der Waals surface area (Å²) in [5.74, 6) is 0.496. The summed E-state index contributed by atoms with van der Waals surface area (Å²) in [6.45, 7) is 2.60. The highest BCUT2D eigenvalue weighted by molar-refractivity contribution is 5.56. The second-order valence-electron chi connectivity index (χ2n) is 3.45. The first kappa shape index (κ1) is 9.72. The van der Waals surface area contributed by atoms with Gasteiger partial charge in [0.15, 0.2) is 0 Å². The number of hydrogen-bond acceptors (Lipinski definition) is 2. The molecule has 0 amide bonds. The summed E-state index contributed by atoms with van der Waals surface area (Å²) < 4.78 is 5.36. The SMILES string of the molecule is CCOC(C=O)C1CCCCC1. The van der Waals surface area contributed by atoms with Crippen molar-refractivity contribution < 1.29 is 9.53 Å². The molecule has 1 rings (SSSR count). The van der Waals surface area contributed by atoms with Gasteiger partial charge in [-0.3, -0.25) is 0 Å². The molecule has 2 heteroatoms. The third-order valence-electron chi connectivity index (χ3n) is 2.61. The lowest BCUT2D eigenvalue weighted by atomic mass is 9.86. The summed E-state index contributed by atoms with van der Waals surface area (Å²) in [5, 5.41) is 0. The van der Waals surface area contributed by atoms with Crippen molar-refractivity contribution >= 4 is 6.29 Å². The molecule has 2 nitrogen and oxygen atoms in total. The Morgan fingerprint density at radius 3 is 2.58 bits per heavy atom. The summed E-state index contributed by atoms with van der Waals surface area (Å²) in [6.07, 6.45) is 7.04. The molecule has 1 fully saturated rings. The summed E-state index contributed by atoms with van der Waals surface area (Å²) in [5.41, 5.74) is 0. The van der Waals surface area contributed by atoms with Crippen LogP contribution >= 0.6 is 0 Å². The second-order valence-corrected chi connectivity index (χ2v) is 3.45. The molecule has 1 atom stereocenters. The van der Waals surface area contributed by atoms with Gasteiger partial charge in [0.05, 0.1) is 0 Å². The zero-order chi connectivity index (χ0) is 8.81. The number of carbonyl (C=O) groups is 1. The van der Waals surface area contributed by atoms with Crippen molar-refractivity contribution in [2.24, 2.45) is 5.92 Å². The van der Waals surface area contributed by atoms with Crippen LogP contribution in [0.3, 0.4) is 0 Å². The summed E-state index contributed by atoms with van der Waals surface area (Å²) in [4.78, 5) is 10.7. The first-order valence-electron chi connectivity index (χ1n) is 4.95. The molecule has 0 spiro atoms. The molecule has 12 heavy (non-hydrogen) atoms. The fourth-order valence-corrected chi connectivity index (χ4v) is 1.94. The average Bonchev–Trinajstić information content (AvgIpc) is 2.15. The monoisotopic (exact) mass is 170 g/mol. The minimum Gasteiger partial charge on any atom is -0.371 e. The maximum absolute atomic E-state index is 10.7. The normalized spacial score (nSPS) is 22.1. The lowest BCUT2D eigenvalue weighted by molar-refractivity contribution is -0.121. The van der Waals surface area contributed by atoms with Gasteiger partial charge in [0.25, 0.3) is 0 Å². The standard InChI is InChI=1S/C10H18O2/c1-2-12-10(8-11)9-6-4-3-5-7-9/h8-10H,2-7H2,1H3. The summed E-state index contributed by atoms with van der Waals surface area (Å²) >= 11 is 0. The van der Waals surface area contributed by atoms with Gasteiger partial charge in [-0.2, -0.15) is 0 Å². The van der Waals surface area contributed by atoms with E-state index in [1.807, 2.05) is 6.92 Å². The predicted octanol–water partition coefficient (Wildman–Crippen LogP) is 2.17. The Hall–Kier alpha value is -0.370. The van der Waals surface area contributed by atoms with Gasteiger partial charge in [0.2, 0.25) is 0 Å². The van der Waals surface area contributed by atoms with E-state index in [9.17, 15) is 4.79 Å². The summed E-state index contributed by atoms with van der Waals surface area (Å²) in [7, 11) is 0. The van der Waals surface area contributed by atoms with E-state index in [1.165, 1.54) is 32.1 Å². The van der Waals surface area contributed by atoms with Crippen LogP contribution in [0.25, 0.3) is 0 Å². The Morgan fingerprint density at radius 1 is 1.42 bits per heavy atom. The third-order valence-corrected chi connectivity index (χ3v) is 2.61. The van der Waals surface area contributed by atoms with Crippen molar-refractivity contribution in [2.75, 3.05) is 6.61 Å². The zero-order valence-corrected chi connectivity index (χ0v) is 7.79. The fraction of sp³-hybridized carbons (Fsp3) is 0.900. The van der Waals surface area contributed by atoms with E-state index in [0.29, 0.717) is 12.5 Å². The Balaban J connectivity index is 2.34. The van der Waals surface area contributed by atoms with Crippen LogP contribution < -0.4 is 0 Å². The fourth-order valence-electron chi connectivity index (χ4n) is 1.94. The van der Waals surface area contributed by atoms with Crippen molar-refractivity contribution in [3.8, 4) is 0 Å². The van der Waals surface area contributed by atoms with Gasteiger partial charge < -0.3 is 9.53 Å². The smallest absolute Gasteiger partial charge is 0.149 e. The minimum absolute atomic E-state index is 0.129. The van der Waals surface area contributed by atoms with Gasteiger partial charge >= 0.3 is 0 Å². The minimum atomic E-state index is -0.129. The van der Waals surface area contributed by atoms with Crippen LogP contribution in [0.1, 0.15) is 39.0 Å². The highest BCUT2D eigenvalue weighted by Gasteiger charge is 2.22. The predicted molar refractivity (Wildman–Crippen MR) is 48.1 cm³/mol. The average molecular weight is 170 g/mol. The number of carbonyl (C=O) groups excluding carboxylic acids is 1. The summed E-state index contributed by atoms with van der Waals surface area (Å²) in [6, 6.07) is 0. The lowest BCUT2D eigenvalue weighted by Gasteiger charge is -2.26. The molecule has 0 radical (unpaired) electrons. The van der Waals surface area contributed by atoms with Crippen LogP contribution in [0.5, 0.6) is 0 Å². The molecule has 0 aliphatic heterocycles. The van der Waals surface area contributed by atoms with Gasteiger partial charge in [0.1, 0.15) is 12.4 Å². The molecule has 0 bridgehead atoms. The largest absolute Gasteiger partial charge is 0.371 e. The van der Waals surface area contributed by atoms with Crippen LogP contribution in [0.2, 0.25) is 0 Å². The molecule has 1 saturated carbocycles. The molecule has 0 saturated heterocycles. The number of hydrogen-bond donors (Lipinski definition) is 0. The van der Waals surface area contributed by atoms with Crippen LogP contribution in [0, 0.1) is 5.92 Å².